The van der Waals surface area contributed by atoms with Gasteiger partial charge in [-0.05, 0) is 41.8 Å². The molecule has 0 fully saturated rings. The van der Waals surface area contributed by atoms with E-state index in [0.717, 1.165) is 16.7 Å². The molecule has 1 aliphatic heterocycles. The first-order valence-electron chi connectivity index (χ1n) is 9.84. The second kappa shape index (κ2) is 8.37. The number of aromatic nitrogens is 1. The van der Waals surface area contributed by atoms with E-state index in [1.807, 2.05) is 48.5 Å². The summed E-state index contributed by atoms with van der Waals surface area (Å²) in [6.07, 6.45) is 4.19. The second-order valence-corrected chi connectivity index (χ2v) is 7.41. The number of hydrogen-bond acceptors (Lipinski definition) is 4. The van der Waals surface area contributed by atoms with E-state index in [9.17, 15) is 9.59 Å². The number of hydrogen-bond donors (Lipinski definition) is 1. The number of benzene rings is 2. The zero-order valence-corrected chi connectivity index (χ0v) is 16.7. The van der Waals surface area contributed by atoms with Gasteiger partial charge in [0.05, 0.1) is 12.2 Å². The summed E-state index contributed by atoms with van der Waals surface area (Å²) in [5.74, 6) is -0.330. The fraction of sp³-hybridized carbons (Fsp3) is 0.208. The van der Waals surface area contributed by atoms with E-state index in [1.165, 1.54) is 0 Å². The molecule has 0 aliphatic carbocycles. The molecule has 0 spiro atoms. The van der Waals surface area contributed by atoms with Gasteiger partial charge in [-0.3, -0.25) is 14.6 Å². The zero-order chi connectivity index (χ0) is 21.1. The molecule has 2 N–H and O–H groups in total. The zero-order valence-electron chi connectivity index (χ0n) is 16.7. The van der Waals surface area contributed by atoms with E-state index in [4.69, 9.17) is 10.5 Å². The first-order chi connectivity index (χ1) is 14.5. The molecule has 2 aromatic carbocycles. The van der Waals surface area contributed by atoms with Crippen LogP contribution in [0.2, 0.25) is 0 Å². The van der Waals surface area contributed by atoms with Crippen molar-refractivity contribution >= 4 is 11.8 Å². The summed E-state index contributed by atoms with van der Waals surface area (Å²) in [6, 6.07) is 17.1. The maximum absolute atomic E-state index is 13.1. The lowest BCUT2D eigenvalue weighted by Gasteiger charge is -2.19. The largest absolute Gasteiger partial charge is 0.491 e. The third-order valence-corrected chi connectivity index (χ3v) is 5.43. The topological polar surface area (TPSA) is 85.5 Å². The van der Waals surface area contributed by atoms with Gasteiger partial charge < -0.3 is 15.4 Å². The summed E-state index contributed by atoms with van der Waals surface area (Å²) < 4.78 is 5.83. The van der Waals surface area contributed by atoms with Crippen LogP contribution in [0.1, 0.15) is 43.3 Å². The fourth-order valence-electron chi connectivity index (χ4n) is 3.76. The predicted octanol–water partition coefficient (Wildman–Crippen LogP) is 3.02. The summed E-state index contributed by atoms with van der Waals surface area (Å²) in [7, 11) is 1.76. The molecule has 30 heavy (non-hydrogen) atoms. The van der Waals surface area contributed by atoms with Crippen LogP contribution in [-0.4, -0.2) is 41.9 Å². The van der Waals surface area contributed by atoms with Gasteiger partial charge in [0.25, 0.3) is 11.8 Å². The van der Waals surface area contributed by atoms with E-state index in [0.29, 0.717) is 30.9 Å². The van der Waals surface area contributed by atoms with Gasteiger partial charge in [0.2, 0.25) is 0 Å². The van der Waals surface area contributed by atoms with E-state index >= 15 is 0 Å². The molecule has 3 aromatic rings. The monoisotopic (exact) mass is 401 g/mol. The number of carbonyl (C=O) groups excluding carboxylic acids is 2. The van der Waals surface area contributed by atoms with Crippen LogP contribution >= 0.6 is 0 Å². The Kier molecular flexibility index (Phi) is 5.48. The first kappa shape index (κ1) is 19.6. The minimum atomic E-state index is -0.603. The highest BCUT2D eigenvalue weighted by Gasteiger charge is 2.31. The number of carbonyl (C=O) groups is 2. The summed E-state index contributed by atoms with van der Waals surface area (Å²) in [5, 5.41) is 0. The van der Waals surface area contributed by atoms with Crippen LogP contribution in [0.3, 0.4) is 0 Å². The van der Waals surface area contributed by atoms with Gasteiger partial charge in [-0.15, -0.1) is 0 Å². The molecule has 2 heterocycles. The lowest BCUT2D eigenvalue weighted by molar-refractivity contribution is 0.0796. The van der Waals surface area contributed by atoms with Crippen molar-refractivity contribution in [3.63, 3.8) is 0 Å². The van der Waals surface area contributed by atoms with Gasteiger partial charge in [0, 0.05) is 43.0 Å². The summed E-state index contributed by atoms with van der Waals surface area (Å²) >= 11 is 0. The molecular weight excluding hydrogens is 378 g/mol. The highest BCUT2D eigenvalue weighted by Crippen LogP contribution is 2.41. The molecule has 4 rings (SSSR count). The van der Waals surface area contributed by atoms with Crippen molar-refractivity contribution in [1.29, 1.82) is 0 Å². The third-order valence-electron chi connectivity index (χ3n) is 5.43. The van der Waals surface area contributed by atoms with E-state index < -0.39 is 5.91 Å². The van der Waals surface area contributed by atoms with Gasteiger partial charge in [-0.2, -0.15) is 0 Å². The number of nitrogens with two attached hydrogens (primary N) is 1. The maximum atomic E-state index is 13.1. The summed E-state index contributed by atoms with van der Waals surface area (Å²) in [6.45, 7) is 0.958. The standard InChI is InChI=1S/C24H23N3O3/c1-27(12-9-16-7-10-26-11-8-16)24(29)18-13-19-21(17-5-3-2-4-6-17)15-30-22(19)20(14-18)23(25)28/h2-8,10-11,13-14,21H,9,12,15H2,1H3,(H2,25,28). The average Bonchev–Trinajstić information content (AvgIpc) is 3.21. The smallest absolute Gasteiger partial charge is 0.253 e. The molecule has 0 radical (unpaired) electrons. The minimum absolute atomic E-state index is 0.0471. The molecule has 2 amide bonds. The van der Waals surface area contributed by atoms with Crippen LogP contribution < -0.4 is 10.5 Å². The van der Waals surface area contributed by atoms with Crippen molar-refractivity contribution < 1.29 is 14.3 Å². The Balaban J connectivity index is 1.63. The van der Waals surface area contributed by atoms with Crippen LogP contribution in [0.25, 0.3) is 0 Å². The number of nitrogens with zero attached hydrogens (tertiary/aromatic N) is 2. The van der Waals surface area contributed by atoms with E-state index in [1.54, 1.807) is 30.4 Å². The molecule has 0 saturated heterocycles. The van der Waals surface area contributed by atoms with Crippen LogP contribution in [0, 0.1) is 0 Å². The van der Waals surface area contributed by atoms with Crippen LogP contribution in [0.15, 0.2) is 67.0 Å². The Labute approximate surface area is 175 Å². The Morgan fingerprint density at radius 2 is 1.87 bits per heavy atom. The number of likely N-dealkylation sites (N-methyl/N-ethyl adjacent to an activating group) is 1. The predicted molar refractivity (Wildman–Crippen MR) is 114 cm³/mol. The average molecular weight is 401 g/mol. The molecule has 6 nitrogen and oxygen atoms in total. The summed E-state index contributed by atoms with van der Waals surface area (Å²) in [5.41, 5.74) is 9.28. The Morgan fingerprint density at radius 1 is 1.13 bits per heavy atom. The Hall–Kier alpha value is -3.67. The van der Waals surface area contributed by atoms with Crippen molar-refractivity contribution in [2.45, 2.75) is 12.3 Å². The second-order valence-electron chi connectivity index (χ2n) is 7.41. The number of rotatable bonds is 6. The number of fused-ring (bicyclic) bond motifs is 1. The van der Waals surface area contributed by atoms with E-state index in [-0.39, 0.29) is 17.4 Å². The lowest BCUT2D eigenvalue weighted by atomic mass is 9.90. The molecule has 0 saturated carbocycles. The number of primary amides is 1. The van der Waals surface area contributed by atoms with Gasteiger partial charge in [-0.1, -0.05) is 30.3 Å². The van der Waals surface area contributed by atoms with Crippen molar-refractivity contribution in [1.82, 2.24) is 9.88 Å². The summed E-state index contributed by atoms with van der Waals surface area (Å²) in [4.78, 5) is 30.8. The van der Waals surface area contributed by atoms with Crippen LogP contribution in [-0.2, 0) is 6.42 Å². The molecule has 152 valence electrons. The van der Waals surface area contributed by atoms with Crippen LogP contribution in [0.5, 0.6) is 5.75 Å². The minimum Gasteiger partial charge on any atom is -0.491 e. The van der Waals surface area contributed by atoms with Gasteiger partial charge >= 0.3 is 0 Å². The molecule has 1 unspecified atom stereocenters. The molecule has 1 atom stereocenters. The SMILES string of the molecule is CN(CCc1ccncc1)C(=O)c1cc(C(N)=O)c2c(c1)C(c1ccccc1)CO2. The number of amides is 2. The fourth-order valence-corrected chi connectivity index (χ4v) is 3.76. The molecule has 0 bridgehead atoms. The van der Waals surface area contributed by atoms with E-state index in [2.05, 4.69) is 4.98 Å². The first-order valence-corrected chi connectivity index (χ1v) is 9.84. The quantitative estimate of drug-likeness (QED) is 0.688. The maximum Gasteiger partial charge on any atom is 0.253 e. The molecule has 1 aromatic heterocycles. The van der Waals surface area contributed by atoms with Gasteiger partial charge in [0.1, 0.15) is 5.75 Å². The van der Waals surface area contributed by atoms with Crippen LogP contribution in [0.4, 0.5) is 0 Å². The highest BCUT2D eigenvalue weighted by atomic mass is 16.5. The highest BCUT2D eigenvalue weighted by molar-refractivity contribution is 6.01. The molecular formula is C24H23N3O3. The van der Waals surface area contributed by atoms with Crippen molar-refractivity contribution in [2.24, 2.45) is 5.73 Å². The third kappa shape index (κ3) is 3.89. The Bertz CT molecular complexity index is 1070. The number of ether oxygens (including phenoxy) is 1. The lowest BCUT2D eigenvalue weighted by Crippen LogP contribution is -2.29. The normalized spacial score (nSPS) is 14.6. The van der Waals surface area contributed by atoms with Crippen molar-refractivity contribution in [3.05, 3.63) is 94.8 Å². The molecule has 1 aliphatic rings. The van der Waals surface area contributed by atoms with Gasteiger partial charge in [-0.25, -0.2) is 0 Å². The molecule has 6 heteroatoms. The van der Waals surface area contributed by atoms with Gasteiger partial charge in [0.15, 0.2) is 0 Å². The van der Waals surface area contributed by atoms with Crippen molar-refractivity contribution in [3.8, 4) is 5.75 Å². The van der Waals surface area contributed by atoms with Crippen molar-refractivity contribution in [2.75, 3.05) is 20.2 Å². The number of pyridine rings is 1. The Morgan fingerprint density at radius 3 is 2.57 bits per heavy atom.